The van der Waals surface area contributed by atoms with Crippen LogP contribution in [-0.4, -0.2) is 17.2 Å². The minimum atomic E-state index is -0.743. The second-order valence-corrected chi connectivity index (χ2v) is 4.99. The summed E-state index contributed by atoms with van der Waals surface area (Å²) >= 11 is 0. The summed E-state index contributed by atoms with van der Waals surface area (Å²) in [4.78, 5) is 12.0. The lowest BCUT2D eigenvalue weighted by Crippen LogP contribution is -2.30. The molecule has 0 bridgehead atoms. The Labute approximate surface area is 117 Å². The predicted molar refractivity (Wildman–Crippen MR) is 75.4 cm³/mol. The van der Waals surface area contributed by atoms with Gasteiger partial charge in [0.1, 0.15) is 12.2 Å². The quantitative estimate of drug-likeness (QED) is 0.852. The maximum Gasteiger partial charge on any atom is 0.338 e. The predicted octanol–water partition coefficient (Wildman–Crippen LogP) is 2.89. The second kappa shape index (κ2) is 5.47. The summed E-state index contributed by atoms with van der Waals surface area (Å²) in [6.45, 7) is 0. The van der Waals surface area contributed by atoms with Crippen LogP contribution >= 0.6 is 0 Å². The highest BCUT2D eigenvalue weighted by molar-refractivity contribution is 5.89. The molecule has 0 radical (unpaired) electrons. The summed E-state index contributed by atoms with van der Waals surface area (Å²) in [5.74, 6) is -0.381. The molecule has 102 valence electrons. The van der Waals surface area contributed by atoms with E-state index in [0.29, 0.717) is 12.0 Å². The normalized spacial score (nSPS) is 21.1. The van der Waals surface area contributed by atoms with E-state index in [2.05, 4.69) is 0 Å². The van der Waals surface area contributed by atoms with Gasteiger partial charge in [-0.25, -0.2) is 4.79 Å². The Bertz CT molecular complexity index is 607. The van der Waals surface area contributed by atoms with Crippen molar-refractivity contribution in [1.82, 2.24) is 0 Å². The number of carbonyl (C=O) groups excluding carboxylic acids is 1. The number of aliphatic hydroxyl groups is 1. The largest absolute Gasteiger partial charge is 0.456 e. The van der Waals surface area contributed by atoms with Crippen molar-refractivity contribution in [2.75, 3.05) is 0 Å². The molecule has 20 heavy (non-hydrogen) atoms. The molecule has 0 unspecified atom stereocenters. The molecule has 2 aromatic carbocycles. The molecule has 0 spiro atoms. The summed E-state index contributed by atoms with van der Waals surface area (Å²) in [5.41, 5.74) is 2.51. The molecule has 1 N–H and O–H groups in total. The Balaban J connectivity index is 1.75. The van der Waals surface area contributed by atoms with Gasteiger partial charge < -0.3 is 9.84 Å². The molecule has 0 aliphatic heterocycles. The van der Waals surface area contributed by atoms with Gasteiger partial charge in [0.15, 0.2) is 0 Å². The van der Waals surface area contributed by atoms with Crippen molar-refractivity contribution in [3.05, 3.63) is 71.3 Å². The van der Waals surface area contributed by atoms with Crippen molar-refractivity contribution in [2.24, 2.45) is 0 Å². The molecule has 0 fully saturated rings. The molecular formula is C17H16O3. The number of carbonyl (C=O) groups is 1. The molecule has 0 heterocycles. The lowest BCUT2D eigenvalue weighted by molar-refractivity contribution is -0.0269. The van der Waals surface area contributed by atoms with E-state index in [4.69, 9.17) is 4.74 Å². The molecule has 2 aromatic rings. The molecular weight excluding hydrogens is 252 g/mol. The van der Waals surface area contributed by atoms with Gasteiger partial charge in [-0.15, -0.1) is 0 Å². The minimum absolute atomic E-state index is 0.381. The van der Waals surface area contributed by atoms with Gasteiger partial charge in [0.05, 0.1) is 5.56 Å². The van der Waals surface area contributed by atoms with Gasteiger partial charge in [0, 0.05) is 0 Å². The van der Waals surface area contributed by atoms with E-state index >= 15 is 0 Å². The van der Waals surface area contributed by atoms with E-state index in [1.54, 1.807) is 24.3 Å². The smallest absolute Gasteiger partial charge is 0.338 e. The van der Waals surface area contributed by atoms with Crippen molar-refractivity contribution >= 4 is 5.97 Å². The summed E-state index contributed by atoms with van der Waals surface area (Å²) in [5, 5.41) is 10.3. The molecule has 0 saturated heterocycles. The van der Waals surface area contributed by atoms with Gasteiger partial charge >= 0.3 is 5.97 Å². The lowest BCUT2D eigenvalue weighted by atomic mass is 9.87. The zero-order valence-electron chi connectivity index (χ0n) is 11.0. The SMILES string of the molecule is O=C(O[C@H]1CCc2ccccc2[C@@H]1O)c1ccccc1. The van der Waals surface area contributed by atoms with Crippen molar-refractivity contribution in [1.29, 1.82) is 0 Å². The third-order valence-corrected chi connectivity index (χ3v) is 3.69. The van der Waals surface area contributed by atoms with Crippen LogP contribution in [0.1, 0.15) is 34.0 Å². The fourth-order valence-electron chi connectivity index (χ4n) is 2.61. The Morgan fingerprint density at radius 3 is 2.55 bits per heavy atom. The van der Waals surface area contributed by atoms with Crippen LogP contribution in [0.4, 0.5) is 0 Å². The first-order chi connectivity index (χ1) is 9.75. The number of fused-ring (bicyclic) bond motifs is 1. The van der Waals surface area contributed by atoms with Crippen LogP contribution in [0.15, 0.2) is 54.6 Å². The zero-order valence-corrected chi connectivity index (χ0v) is 11.0. The number of ether oxygens (including phenoxy) is 1. The number of rotatable bonds is 2. The molecule has 3 heteroatoms. The van der Waals surface area contributed by atoms with E-state index in [-0.39, 0.29) is 5.97 Å². The van der Waals surface area contributed by atoms with Crippen molar-refractivity contribution in [3.63, 3.8) is 0 Å². The molecule has 2 atom stereocenters. The maximum absolute atomic E-state index is 12.0. The number of benzene rings is 2. The Kier molecular flexibility index (Phi) is 3.52. The number of hydrogen-bond donors (Lipinski definition) is 1. The minimum Gasteiger partial charge on any atom is -0.456 e. The molecule has 0 amide bonds. The molecule has 3 rings (SSSR count). The summed E-state index contributed by atoms with van der Waals surface area (Å²) in [6, 6.07) is 16.6. The van der Waals surface area contributed by atoms with Crippen molar-refractivity contribution < 1.29 is 14.6 Å². The van der Waals surface area contributed by atoms with Gasteiger partial charge in [-0.3, -0.25) is 0 Å². The summed E-state index contributed by atoms with van der Waals surface area (Å²) in [7, 11) is 0. The molecule has 0 aromatic heterocycles. The van der Waals surface area contributed by atoms with Crippen LogP contribution in [0.2, 0.25) is 0 Å². The molecule has 0 saturated carbocycles. The highest BCUT2D eigenvalue weighted by Gasteiger charge is 2.30. The van der Waals surface area contributed by atoms with Crippen LogP contribution in [0.3, 0.4) is 0 Å². The van der Waals surface area contributed by atoms with Crippen LogP contribution in [0.25, 0.3) is 0 Å². The van der Waals surface area contributed by atoms with E-state index in [9.17, 15) is 9.90 Å². The van der Waals surface area contributed by atoms with Gasteiger partial charge in [-0.1, -0.05) is 42.5 Å². The number of aliphatic hydroxyl groups excluding tert-OH is 1. The molecule has 3 nitrogen and oxygen atoms in total. The first-order valence-electron chi connectivity index (χ1n) is 6.77. The third-order valence-electron chi connectivity index (χ3n) is 3.69. The second-order valence-electron chi connectivity index (χ2n) is 4.99. The monoisotopic (exact) mass is 268 g/mol. The average molecular weight is 268 g/mol. The molecule has 1 aliphatic rings. The maximum atomic E-state index is 12.0. The highest BCUT2D eigenvalue weighted by Crippen LogP contribution is 2.32. The topological polar surface area (TPSA) is 46.5 Å². The fraction of sp³-hybridized carbons (Fsp3) is 0.235. The van der Waals surface area contributed by atoms with Gasteiger partial charge in [-0.05, 0) is 36.1 Å². The zero-order chi connectivity index (χ0) is 13.9. The third kappa shape index (κ3) is 2.45. The first kappa shape index (κ1) is 12.9. The van der Waals surface area contributed by atoms with E-state index in [1.165, 1.54) is 0 Å². The Hall–Kier alpha value is -2.13. The van der Waals surface area contributed by atoms with E-state index in [0.717, 1.165) is 17.5 Å². The number of aryl methyl sites for hydroxylation is 1. The standard InChI is InChI=1S/C17H16O3/c18-16-14-9-5-4-6-12(14)10-11-15(16)20-17(19)13-7-2-1-3-8-13/h1-9,15-16,18H,10-11H2/t15-,16-/m0/s1. The lowest BCUT2D eigenvalue weighted by Gasteiger charge is -2.29. The average Bonchev–Trinajstić information content (AvgIpc) is 2.51. The number of esters is 1. The van der Waals surface area contributed by atoms with Gasteiger partial charge in [0.25, 0.3) is 0 Å². The fourth-order valence-corrected chi connectivity index (χ4v) is 2.61. The Morgan fingerprint density at radius 2 is 1.75 bits per heavy atom. The van der Waals surface area contributed by atoms with Crippen LogP contribution < -0.4 is 0 Å². The van der Waals surface area contributed by atoms with Crippen LogP contribution in [-0.2, 0) is 11.2 Å². The van der Waals surface area contributed by atoms with Crippen molar-refractivity contribution in [3.8, 4) is 0 Å². The summed E-state index contributed by atoms with van der Waals surface area (Å²) in [6.07, 6.45) is 0.252. The highest BCUT2D eigenvalue weighted by atomic mass is 16.6. The summed E-state index contributed by atoms with van der Waals surface area (Å²) < 4.78 is 5.46. The van der Waals surface area contributed by atoms with Crippen LogP contribution in [0.5, 0.6) is 0 Å². The molecule has 1 aliphatic carbocycles. The van der Waals surface area contributed by atoms with E-state index in [1.807, 2.05) is 30.3 Å². The Morgan fingerprint density at radius 1 is 1.05 bits per heavy atom. The van der Waals surface area contributed by atoms with Gasteiger partial charge in [-0.2, -0.15) is 0 Å². The van der Waals surface area contributed by atoms with Gasteiger partial charge in [0.2, 0.25) is 0 Å². The number of hydrogen-bond acceptors (Lipinski definition) is 3. The van der Waals surface area contributed by atoms with Crippen molar-refractivity contribution in [2.45, 2.75) is 25.0 Å². The first-order valence-corrected chi connectivity index (χ1v) is 6.77. The van der Waals surface area contributed by atoms with Crippen LogP contribution in [0, 0.1) is 0 Å². The van der Waals surface area contributed by atoms with E-state index < -0.39 is 12.2 Å².